The van der Waals surface area contributed by atoms with E-state index in [0.29, 0.717) is 63.3 Å². The second-order valence-electron chi connectivity index (χ2n) is 9.82. The number of carbonyl (C=O) groups is 1. The van der Waals surface area contributed by atoms with Crippen LogP contribution >= 0.6 is 19.2 Å². The van der Waals surface area contributed by atoms with Gasteiger partial charge in [-0.25, -0.2) is 14.2 Å². The molecule has 1 amide bonds. The lowest BCUT2D eigenvalue weighted by atomic mass is 10.1. The van der Waals surface area contributed by atoms with Crippen molar-refractivity contribution in [2.75, 3.05) is 11.5 Å². The molecular weight excluding hydrogens is 537 g/mol. The number of aromatic nitrogens is 4. The molecule has 3 aromatic heterocycles. The summed E-state index contributed by atoms with van der Waals surface area (Å²) in [6, 6.07) is 11.9. The second kappa shape index (κ2) is 12.7. The van der Waals surface area contributed by atoms with Gasteiger partial charge < -0.3 is 14.7 Å². The third kappa shape index (κ3) is 7.44. The first kappa shape index (κ1) is 28.7. The lowest BCUT2D eigenvalue weighted by Gasteiger charge is -2.13. The Labute approximate surface area is 233 Å². The van der Waals surface area contributed by atoms with Gasteiger partial charge in [-0.3, -0.25) is 9.78 Å². The van der Waals surface area contributed by atoms with Crippen molar-refractivity contribution in [1.29, 1.82) is 0 Å². The van der Waals surface area contributed by atoms with Gasteiger partial charge in [0, 0.05) is 24.5 Å². The van der Waals surface area contributed by atoms with Crippen LogP contribution in [0.15, 0.2) is 54.9 Å². The summed E-state index contributed by atoms with van der Waals surface area (Å²) in [5.74, 6) is 0.966. The van der Waals surface area contributed by atoms with E-state index >= 15 is 0 Å². The zero-order valence-electron chi connectivity index (χ0n) is 22.3. The van der Waals surface area contributed by atoms with Crippen LogP contribution in [0.1, 0.15) is 56.8 Å². The highest BCUT2D eigenvalue weighted by Crippen LogP contribution is 2.43. The molecule has 0 radical (unpaired) electrons. The molecular formula is C28H33ClN5O4P. The third-order valence-corrected chi connectivity index (χ3v) is 7.91. The zero-order valence-corrected chi connectivity index (χ0v) is 24.0. The summed E-state index contributed by atoms with van der Waals surface area (Å²) >= 11 is 6.68. The number of unbranched alkanes of at least 4 members (excludes halogenated alkanes) is 1. The Bertz CT molecular complexity index is 1480. The van der Waals surface area contributed by atoms with Crippen LogP contribution in [0.25, 0.3) is 22.3 Å². The number of nitrogens with zero attached hydrogens (tertiary/aromatic N) is 4. The van der Waals surface area contributed by atoms with Crippen molar-refractivity contribution < 1.29 is 18.8 Å². The van der Waals surface area contributed by atoms with Crippen molar-refractivity contribution in [3.8, 4) is 17.0 Å². The molecule has 0 saturated carbocycles. The lowest BCUT2D eigenvalue weighted by Crippen LogP contribution is -2.13. The Morgan fingerprint density at radius 3 is 2.64 bits per heavy atom. The number of pyridine rings is 2. The summed E-state index contributed by atoms with van der Waals surface area (Å²) in [6.07, 6.45) is 6.80. The fourth-order valence-electron chi connectivity index (χ4n) is 4.18. The predicted octanol–water partition coefficient (Wildman–Crippen LogP) is 7.20. The molecule has 1 aromatic carbocycles. The Balaban J connectivity index is 1.66. The van der Waals surface area contributed by atoms with Crippen LogP contribution < -0.4 is 9.84 Å². The Hall–Kier alpha value is -3.26. The van der Waals surface area contributed by atoms with E-state index in [-0.39, 0.29) is 12.1 Å². The number of fused-ring (bicyclic) bond motifs is 1. The molecule has 0 saturated heterocycles. The molecule has 0 aliphatic heterocycles. The van der Waals surface area contributed by atoms with Crippen LogP contribution in [0.5, 0.6) is 5.75 Å². The van der Waals surface area contributed by atoms with E-state index in [1.807, 2.05) is 6.92 Å². The number of halogens is 1. The van der Waals surface area contributed by atoms with E-state index in [9.17, 15) is 14.3 Å². The fraction of sp³-hybridized carbons (Fsp3) is 0.357. The van der Waals surface area contributed by atoms with Crippen molar-refractivity contribution >= 4 is 42.0 Å². The van der Waals surface area contributed by atoms with Gasteiger partial charge in [-0.05, 0) is 61.2 Å². The van der Waals surface area contributed by atoms with Gasteiger partial charge >= 0.3 is 7.60 Å². The summed E-state index contributed by atoms with van der Waals surface area (Å²) < 4.78 is 19.3. The Morgan fingerprint density at radius 2 is 1.97 bits per heavy atom. The molecule has 3 heterocycles. The van der Waals surface area contributed by atoms with Crippen LogP contribution in [0, 0.1) is 5.92 Å². The number of anilines is 1. The summed E-state index contributed by atoms with van der Waals surface area (Å²) in [5.41, 5.74) is 2.26. The molecule has 9 nitrogen and oxygen atoms in total. The Kier molecular flexibility index (Phi) is 9.38. The van der Waals surface area contributed by atoms with Crippen LogP contribution in [-0.4, -0.2) is 36.7 Å². The highest BCUT2D eigenvalue weighted by Gasteiger charge is 2.21. The molecule has 0 fully saturated rings. The van der Waals surface area contributed by atoms with Gasteiger partial charge in [0.1, 0.15) is 5.75 Å². The number of carbonyl (C=O) groups excluding carboxylic acids is 1. The van der Waals surface area contributed by atoms with Crippen LogP contribution in [0.3, 0.4) is 0 Å². The van der Waals surface area contributed by atoms with Crippen molar-refractivity contribution in [2.45, 2.75) is 53.0 Å². The number of hydrogen-bond donors (Lipinski definition) is 2. The van der Waals surface area contributed by atoms with Gasteiger partial charge in [-0.1, -0.05) is 45.2 Å². The molecule has 4 aromatic rings. The van der Waals surface area contributed by atoms with Crippen molar-refractivity contribution in [3.05, 3.63) is 65.4 Å². The first-order valence-electron chi connectivity index (χ1n) is 13.1. The number of nitrogens with one attached hydrogen (secondary N) is 1. The first-order valence-corrected chi connectivity index (χ1v) is 15.2. The van der Waals surface area contributed by atoms with E-state index in [1.54, 1.807) is 53.3 Å². The van der Waals surface area contributed by atoms with Gasteiger partial charge in [0.05, 0.1) is 27.8 Å². The van der Waals surface area contributed by atoms with Crippen molar-refractivity contribution in [3.63, 3.8) is 0 Å². The molecule has 11 heteroatoms. The molecule has 0 spiro atoms. The summed E-state index contributed by atoms with van der Waals surface area (Å²) in [7, 11) is -3.69. The number of hydrogen-bond acceptors (Lipinski definition) is 6. The quantitative estimate of drug-likeness (QED) is 0.137. The standard InChI is InChI=1S/C28H33ClN5O4P/c1-4-16-39(36,37)38-22-12-10-20(11-13-22)25-24(29)17-23-26(32-28(35)21-9-7-14-30-18-21)33-34(27(23)31-25)15-6-5-8-19(2)3/h7,9-14,17-19H,4-6,8,15-16H2,1-3H3,(H,36,37)(H,32,33,35). The van der Waals surface area contributed by atoms with Crippen molar-refractivity contribution in [2.24, 2.45) is 5.92 Å². The van der Waals surface area contributed by atoms with Crippen LogP contribution in [0.4, 0.5) is 5.82 Å². The maximum atomic E-state index is 12.8. The van der Waals surface area contributed by atoms with Gasteiger partial charge in [0.15, 0.2) is 11.5 Å². The van der Waals surface area contributed by atoms with Gasteiger partial charge in [-0.15, -0.1) is 0 Å². The molecule has 206 valence electrons. The molecule has 1 unspecified atom stereocenters. The molecule has 39 heavy (non-hydrogen) atoms. The smallest absolute Gasteiger partial charge is 0.376 e. The molecule has 1 atom stereocenters. The Morgan fingerprint density at radius 1 is 1.21 bits per heavy atom. The number of aryl methyl sites for hydroxylation is 1. The minimum atomic E-state index is -3.69. The molecule has 0 bridgehead atoms. The molecule has 0 aliphatic carbocycles. The average Bonchev–Trinajstić information content (AvgIpc) is 3.22. The largest absolute Gasteiger partial charge is 0.424 e. The van der Waals surface area contributed by atoms with E-state index in [4.69, 9.17) is 21.1 Å². The SMILES string of the molecule is CCCP(=O)(O)Oc1ccc(-c2nc3c(cc2Cl)c(NC(=O)c2cccnc2)nn3CCCCC(C)C)cc1. The van der Waals surface area contributed by atoms with E-state index in [0.717, 1.165) is 19.3 Å². The van der Waals surface area contributed by atoms with E-state index in [1.165, 1.54) is 6.20 Å². The van der Waals surface area contributed by atoms with Gasteiger partial charge in [0.2, 0.25) is 0 Å². The topological polar surface area (TPSA) is 119 Å². The maximum Gasteiger partial charge on any atom is 0.376 e. The summed E-state index contributed by atoms with van der Waals surface area (Å²) in [4.78, 5) is 31.7. The highest BCUT2D eigenvalue weighted by molar-refractivity contribution is 7.53. The average molecular weight is 570 g/mol. The van der Waals surface area contributed by atoms with Gasteiger partial charge in [0.25, 0.3) is 5.91 Å². The maximum absolute atomic E-state index is 12.8. The monoisotopic (exact) mass is 569 g/mol. The number of benzene rings is 1. The van der Waals surface area contributed by atoms with E-state index in [2.05, 4.69) is 29.2 Å². The number of rotatable bonds is 12. The van der Waals surface area contributed by atoms with E-state index < -0.39 is 7.60 Å². The van der Waals surface area contributed by atoms with Crippen molar-refractivity contribution in [1.82, 2.24) is 19.7 Å². The lowest BCUT2D eigenvalue weighted by molar-refractivity contribution is 0.102. The van der Waals surface area contributed by atoms with Crippen LogP contribution in [0.2, 0.25) is 5.02 Å². The molecule has 2 N–H and O–H groups in total. The minimum absolute atomic E-state index is 0.0830. The zero-order chi connectivity index (χ0) is 28.0. The fourth-order valence-corrected chi connectivity index (χ4v) is 5.55. The molecule has 0 aliphatic rings. The van der Waals surface area contributed by atoms with Crippen LogP contribution in [-0.2, 0) is 11.1 Å². The predicted molar refractivity (Wildman–Crippen MR) is 154 cm³/mol. The highest BCUT2D eigenvalue weighted by atomic mass is 35.5. The first-order chi connectivity index (χ1) is 18.7. The number of amides is 1. The van der Waals surface area contributed by atoms with Gasteiger partial charge in [-0.2, -0.15) is 5.10 Å². The molecule has 4 rings (SSSR count). The normalized spacial score (nSPS) is 13.0. The third-order valence-electron chi connectivity index (χ3n) is 6.12. The minimum Gasteiger partial charge on any atom is -0.424 e. The second-order valence-corrected chi connectivity index (χ2v) is 12.1. The summed E-state index contributed by atoms with van der Waals surface area (Å²) in [5, 5.41) is 8.57. The summed E-state index contributed by atoms with van der Waals surface area (Å²) in [6.45, 7) is 6.86.